The van der Waals surface area contributed by atoms with Crippen LogP contribution in [0.3, 0.4) is 0 Å². The van der Waals surface area contributed by atoms with Crippen LogP contribution in [0.1, 0.15) is 47.7 Å². The molecule has 5 heteroatoms. The van der Waals surface area contributed by atoms with Crippen molar-refractivity contribution in [3.63, 3.8) is 0 Å². The van der Waals surface area contributed by atoms with Crippen molar-refractivity contribution >= 4 is 23.2 Å². The average Bonchev–Trinajstić information content (AvgIpc) is 2.95. The zero-order valence-electron chi connectivity index (χ0n) is 12.7. The molecule has 1 aromatic rings. The quantitative estimate of drug-likeness (QED) is 0.908. The first-order valence-corrected chi connectivity index (χ1v) is 8.42. The molecule has 0 bridgehead atoms. The fourth-order valence-corrected chi connectivity index (χ4v) is 3.86. The fraction of sp³-hybridized carbons (Fsp3) is 0.625. The van der Waals surface area contributed by atoms with Crippen molar-refractivity contribution in [1.29, 1.82) is 0 Å². The van der Waals surface area contributed by atoms with Crippen LogP contribution in [0.15, 0.2) is 12.1 Å². The number of carboxylic acids is 1. The van der Waals surface area contributed by atoms with Gasteiger partial charge in [-0.15, -0.1) is 11.3 Å². The van der Waals surface area contributed by atoms with E-state index in [9.17, 15) is 9.59 Å². The van der Waals surface area contributed by atoms with Gasteiger partial charge in [-0.25, -0.2) is 0 Å². The summed E-state index contributed by atoms with van der Waals surface area (Å²) in [6.45, 7) is 5.54. The molecule has 0 aromatic carbocycles. The first kappa shape index (κ1) is 16.0. The zero-order chi connectivity index (χ0) is 15.4. The number of carbonyl (C=O) groups excluding carboxylic acids is 1. The Kier molecular flexibility index (Phi) is 5.39. The predicted octanol–water partition coefficient (Wildman–Crippen LogP) is 3.27. The number of carboxylic acid groups (broad SMARTS) is 1. The number of hydrogen-bond acceptors (Lipinski definition) is 3. The van der Waals surface area contributed by atoms with E-state index in [-0.39, 0.29) is 18.2 Å². The first-order valence-electron chi connectivity index (χ1n) is 7.61. The van der Waals surface area contributed by atoms with Gasteiger partial charge in [-0.05, 0) is 43.2 Å². The molecule has 1 N–H and O–H groups in total. The highest BCUT2D eigenvalue weighted by atomic mass is 32.1. The lowest BCUT2D eigenvalue weighted by Gasteiger charge is -2.35. The van der Waals surface area contributed by atoms with Gasteiger partial charge in [0.05, 0.1) is 4.88 Å². The largest absolute Gasteiger partial charge is 0.481 e. The lowest BCUT2D eigenvalue weighted by Crippen LogP contribution is -2.41. The van der Waals surface area contributed by atoms with Crippen LogP contribution in [-0.4, -0.2) is 35.0 Å². The molecule has 4 nitrogen and oxygen atoms in total. The molecule has 116 valence electrons. The predicted molar refractivity (Wildman–Crippen MR) is 83.7 cm³/mol. The van der Waals surface area contributed by atoms with Gasteiger partial charge in [-0.3, -0.25) is 9.59 Å². The maximum Gasteiger partial charge on any atom is 0.303 e. The molecule has 1 aliphatic heterocycles. The number of thiophene rings is 1. The molecule has 2 heterocycles. The summed E-state index contributed by atoms with van der Waals surface area (Å²) < 4.78 is 0. The van der Waals surface area contributed by atoms with Gasteiger partial charge in [0.25, 0.3) is 5.91 Å². The van der Waals surface area contributed by atoms with Crippen LogP contribution in [0, 0.1) is 11.8 Å². The molecule has 0 aliphatic carbocycles. The molecule has 1 aromatic heterocycles. The maximum absolute atomic E-state index is 12.5. The molecule has 1 aliphatic rings. The molecule has 2 unspecified atom stereocenters. The van der Waals surface area contributed by atoms with E-state index in [4.69, 9.17) is 5.11 Å². The molecule has 1 amide bonds. The monoisotopic (exact) mass is 309 g/mol. The summed E-state index contributed by atoms with van der Waals surface area (Å²) in [7, 11) is 0. The van der Waals surface area contributed by atoms with Crippen molar-refractivity contribution in [2.45, 2.75) is 39.5 Å². The molecule has 1 saturated heterocycles. The third kappa shape index (κ3) is 4.06. The molecule has 21 heavy (non-hydrogen) atoms. The van der Waals surface area contributed by atoms with Gasteiger partial charge in [0, 0.05) is 24.4 Å². The van der Waals surface area contributed by atoms with E-state index in [0.29, 0.717) is 12.5 Å². The summed E-state index contributed by atoms with van der Waals surface area (Å²) in [5.74, 6) is -0.235. The minimum atomic E-state index is -0.753. The lowest BCUT2D eigenvalue weighted by molar-refractivity contribution is -0.138. The SMILES string of the molecule is CCc1ccc(C(=O)N2CCCC(C(C)CC(=O)O)C2)s1. The molecule has 2 atom stereocenters. The van der Waals surface area contributed by atoms with Crippen molar-refractivity contribution in [2.24, 2.45) is 11.8 Å². The second-order valence-corrected chi connectivity index (χ2v) is 7.02. The van der Waals surface area contributed by atoms with Gasteiger partial charge in [-0.1, -0.05) is 13.8 Å². The van der Waals surface area contributed by atoms with E-state index in [1.807, 2.05) is 24.0 Å². The number of hydrogen-bond donors (Lipinski definition) is 1. The molecule has 0 radical (unpaired) electrons. The molecule has 2 rings (SSSR count). The fourth-order valence-electron chi connectivity index (χ4n) is 2.94. The van der Waals surface area contributed by atoms with Crippen LogP contribution in [0.2, 0.25) is 0 Å². The number of rotatable bonds is 5. The number of aryl methyl sites for hydroxylation is 1. The number of piperidine rings is 1. The number of aliphatic carboxylic acids is 1. The Hall–Kier alpha value is -1.36. The highest BCUT2D eigenvalue weighted by Crippen LogP contribution is 2.28. The Morgan fingerprint density at radius 1 is 1.48 bits per heavy atom. The Balaban J connectivity index is 1.99. The summed E-state index contributed by atoms with van der Waals surface area (Å²) in [6.07, 6.45) is 3.12. The van der Waals surface area contributed by atoms with E-state index < -0.39 is 5.97 Å². The normalized spacial score (nSPS) is 20.3. The second kappa shape index (κ2) is 7.07. The lowest BCUT2D eigenvalue weighted by atomic mass is 9.84. The van der Waals surface area contributed by atoms with Crippen molar-refractivity contribution in [3.05, 3.63) is 21.9 Å². The van der Waals surface area contributed by atoms with Crippen LogP contribution in [0.5, 0.6) is 0 Å². The van der Waals surface area contributed by atoms with Crippen LogP contribution in [-0.2, 0) is 11.2 Å². The molecular formula is C16H23NO3S. The van der Waals surface area contributed by atoms with Crippen molar-refractivity contribution < 1.29 is 14.7 Å². The summed E-state index contributed by atoms with van der Waals surface area (Å²) >= 11 is 1.57. The topological polar surface area (TPSA) is 57.6 Å². The number of carbonyl (C=O) groups is 2. The third-order valence-electron chi connectivity index (χ3n) is 4.27. The molecule has 1 fully saturated rings. The molecule has 0 spiro atoms. The van der Waals surface area contributed by atoms with Crippen molar-refractivity contribution in [1.82, 2.24) is 4.90 Å². The van der Waals surface area contributed by atoms with Crippen LogP contribution in [0.4, 0.5) is 0 Å². The molecular weight excluding hydrogens is 286 g/mol. The number of likely N-dealkylation sites (tertiary alicyclic amines) is 1. The summed E-state index contributed by atoms with van der Waals surface area (Å²) in [6, 6.07) is 3.93. The minimum Gasteiger partial charge on any atom is -0.481 e. The van der Waals surface area contributed by atoms with Crippen molar-refractivity contribution in [3.8, 4) is 0 Å². The van der Waals surface area contributed by atoms with E-state index in [0.717, 1.165) is 30.7 Å². The van der Waals surface area contributed by atoms with Gasteiger partial charge < -0.3 is 10.0 Å². The Labute approximate surface area is 129 Å². The van der Waals surface area contributed by atoms with Crippen LogP contribution in [0.25, 0.3) is 0 Å². The van der Waals surface area contributed by atoms with E-state index in [1.54, 1.807) is 11.3 Å². The van der Waals surface area contributed by atoms with Gasteiger partial charge >= 0.3 is 5.97 Å². The van der Waals surface area contributed by atoms with E-state index >= 15 is 0 Å². The van der Waals surface area contributed by atoms with Crippen molar-refractivity contribution in [2.75, 3.05) is 13.1 Å². The Bertz CT molecular complexity index is 511. The summed E-state index contributed by atoms with van der Waals surface area (Å²) in [5, 5.41) is 8.92. The number of nitrogens with zero attached hydrogens (tertiary/aromatic N) is 1. The zero-order valence-corrected chi connectivity index (χ0v) is 13.5. The van der Waals surface area contributed by atoms with Crippen LogP contribution >= 0.6 is 11.3 Å². The Morgan fingerprint density at radius 2 is 2.24 bits per heavy atom. The minimum absolute atomic E-state index is 0.104. The first-order chi connectivity index (χ1) is 10.0. The standard InChI is InChI=1S/C16H23NO3S/c1-3-13-6-7-14(21-13)16(20)17-8-4-5-12(10-17)11(2)9-15(18)19/h6-7,11-12H,3-5,8-10H2,1-2H3,(H,18,19). The summed E-state index contributed by atoms with van der Waals surface area (Å²) in [4.78, 5) is 27.3. The van der Waals surface area contributed by atoms with Gasteiger partial charge in [-0.2, -0.15) is 0 Å². The van der Waals surface area contributed by atoms with E-state index in [1.165, 1.54) is 4.88 Å². The van der Waals surface area contributed by atoms with Crippen LogP contribution < -0.4 is 0 Å². The second-order valence-electron chi connectivity index (χ2n) is 5.85. The highest BCUT2D eigenvalue weighted by molar-refractivity contribution is 7.14. The summed E-state index contributed by atoms with van der Waals surface area (Å²) in [5.41, 5.74) is 0. The number of amides is 1. The average molecular weight is 309 g/mol. The van der Waals surface area contributed by atoms with E-state index in [2.05, 4.69) is 6.92 Å². The third-order valence-corrected chi connectivity index (χ3v) is 5.48. The maximum atomic E-state index is 12.5. The molecule has 0 saturated carbocycles. The highest BCUT2D eigenvalue weighted by Gasteiger charge is 2.29. The van der Waals surface area contributed by atoms with Gasteiger partial charge in [0.1, 0.15) is 0 Å². The van der Waals surface area contributed by atoms with Gasteiger partial charge in [0.15, 0.2) is 0 Å². The smallest absolute Gasteiger partial charge is 0.303 e. The van der Waals surface area contributed by atoms with Gasteiger partial charge in [0.2, 0.25) is 0 Å². The Morgan fingerprint density at radius 3 is 2.86 bits per heavy atom.